The molecule has 1 N–H and O–H groups in total. The Morgan fingerprint density at radius 3 is 2.75 bits per heavy atom. The molecular weight excluding hydrogens is 160 g/mol. The Kier molecular flexibility index (Phi) is 2.57. The number of ether oxygens (including phenoxy) is 1. The second-order valence-electron chi connectivity index (χ2n) is 2.12. The summed E-state index contributed by atoms with van der Waals surface area (Å²) in [5.41, 5.74) is 0.420. The number of carboxylic acid groups (broad SMARTS) is 1. The molecule has 1 aromatic rings. The summed E-state index contributed by atoms with van der Waals surface area (Å²) in [4.78, 5) is 17.8. The fraction of sp³-hybridized carbons (Fsp3) is 0.286. The van der Waals surface area contributed by atoms with Crippen LogP contribution in [0.4, 0.5) is 0 Å². The second kappa shape index (κ2) is 3.66. The monoisotopic (exact) mass is 168 g/mol. The van der Waals surface area contributed by atoms with Crippen LogP contribution >= 0.6 is 0 Å². The number of hydrogen-bond acceptors (Lipinski definition) is 4. The van der Waals surface area contributed by atoms with Crippen molar-refractivity contribution < 1.29 is 14.6 Å². The maximum Gasteiger partial charge on any atom is 0.309 e. The van der Waals surface area contributed by atoms with E-state index in [2.05, 4.69) is 9.97 Å². The van der Waals surface area contributed by atoms with Crippen LogP contribution in [0, 0.1) is 0 Å². The molecule has 0 aliphatic heterocycles. The largest absolute Gasteiger partial charge is 0.481 e. The van der Waals surface area contributed by atoms with Crippen LogP contribution < -0.4 is 4.74 Å². The van der Waals surface area contributed by atoms with Gasteiger partial charge in [0.25, 0.3) is 0 Å². The van der Waals surface area contributed by atoms with E-state index in [1.54, 1.807) is 0 Å². The third-order valence-electron chi connectivity index (χ3n) is 1.22. The van der Waals surface area contributed by atoms with Gasteiger partial charge in [-0.15, -0.1) is 0 Å². The molecule has 0 aromatic carbocycles. The van der Waals surface area contributed by atoms with E-state index in [1.165, 1.54) is 19.5 Å². The summed E-state index contributed by atoms with van der Waals surface area (Å²) in [5.74, 6) is -0.543. The van der Waals surface area contributed by atoms with Gasteiger partial charge >= 0.3 is 5.97 Å². The molecule has 0 radical (unpaired) electrons. The fourth-order valence-electron chi connectivity index (χ4n) is 0.695. The summed E-state index contributed by atoms with van der Waals surface area (Å²) >= 11 is 0. The minimum absolute atomic E-state index is 0.114. The molecule has 0 amide bonds. The minimum atomic E-state index is -0.922. The fourth-order valence-corrected chi connectivity index (χ4v) is 0.695. The van der Waals surface area contributed by atoms with Crippen LogP contribution in [-0.4, -0.2) is 28.2 Å². The first-order chi connectivity index (χ1) is 5.72. The molecule has 0 unspecified atom stereocenters. The predicted octanol–water partition coefficient (Wildman–Crippen LogP) is 0.112. The summed E-state index contributed by atoms with van der Waals surface area (Å²) < 4.78 is 4.75. The average molecular weight is 168 g/mol. The lowest BCUT2D eigenvalue weighted by Crippen LogP contribution is -2.03. The molecule has 0 fully saturated rings. The van der Waals surface area contributed by atoms with E-state index in [-0.39, 0.29) is 6.42 Å². The highest BCUT2D eigenvalue weighted by atomic mass is 16.5. The Morgan fingerprint density at radius 1 is 1.58 bits per heavy atom. The van der Waals surface area contributed by atoms with Gasteiger partial charge in [0.15, 0.2) is 0 Å². The molecular formula is C7H8N2O3. The molecule has 0 spiro atoms. The summed E-state index contributed by atoms with van der Waals surface area (Å²) in [6.45, 7) is 0. The van der Waals surface area contributed by atoms with Crippen molar-refractivity contribution in [2.75, 3.05) is 7.11 Å². The van der Waals surface area contributed by atoms with Gasteiger partial charge in [-0.3, -0.25) is 9.78 Å². The summed E-state index contributed by atoms with van der Waals surface area (Å²) in [6.07, 6.45) is 2.65. The van der Waals surface area contributed by atoms with Gasteiger partial charge < -0.3 is 9.84 Å². The second-order valence-corrected chi connectivity index (χ2v) is 2.12. The number of carboxylic acids is 1. The Balaban J connectivity index is 2.71. The zero-order chi connectivity index (χ0) is 8.97. The van der Waals surface area contributed by atoms with E-state index in [0.717, 1.165) is 0 Å². The SMILES string of the molecule is COc1cnc(CC(=O)O)cn1. The van der Waals surface area contributed by atoms with Crippen LogP contribution in [-0.2, 0) is 11.2 Å². The quantitative estimate of drug-likeness (QED) is 0.693. The van der Waals surface area contributed by atoms with Crippen molar-refractivity contribution in [3.8, 4) is 5.88 Å². The number of carbonyl (C=O) groups is 1. The van der Waals surface area contributed by atoms with Crippen LogP contribution in [0.2, 0.25) is 0 Å². The van der Waals surface area contributed by atoms with Crippen LogP contribution in [0.15, 0.2) is 12.4 Å². The number of aliphatic carboxylic acids is 1. The number of nitrogens with zero attached hydrogens (tertiary/aromatic N) is 2. The molecule has 0 saturated carbocycles. The first-order valence-electron chi connectivity index (χ1n) is 3.29. The third-order valence-corrected chi connectivity index (χ3v) is 1.22. The van der Waals surface area contributed by atoms with E-state index < -0.39 is 5.97 Å². The standard InChI is InChI=1S/C7H8N2O3/c1-12-6-4-8-5(3-9-6)2-7(10)11/h3-4H,2H2,1H3,(H,10,11). The van der Waals surface area contributed by atoms with E-state index in [0.29, 0.717) is 11.6 Å². The van der Waals surface area contributed by atoms with E-state index in [1.807, 2.05) is 0 Å². The third kappa shape index (κ3) is 2.19. The molecule has 5 nitrogen and oxygen atoms in total. The normalized spacial score (nSPS) is 9.42. The lowest BCUT2D eigenvalue weighted by molar-refractivity contribution is -0.136. The van der Waals surface area contributed by atoms with Crippen molar-refractivity contribution in [2.24, 2.45) is 0 Å². The zero-order valence-electron chi connectivity index (χ0n) is 6.52. The van der Waals surface area contributed by atoms with Gasteiger partial charge in [-0.25, -0.2) is 4.98 Å². The first kappa shape index (κ1) is 8.45. The zero-order valence-corrected chi connectivity index (χ0v) is 6.52. The van der Waals surface area contributed by atoms with E-state index in [9.17, 15) is 4.79 Å². The van der Waals surface area contributed by atoms with Crippen molar-refractivity contribution in [1.29, 1.82) is 0 Å². The molecule has 0 saturated heterocycles. The topological polar surface area (TPSA) is 72.3 Å². The van der Waals surface area contributed by atoms with Crippen molar-refractivity contribution in [2.45, 2.75) is 6.42 Å². The van der Waals surface area contributed by atoms with Gasteiger partial charge in [-0.05, 0) is 0 Å². The number of rotatable bonds is 3. The summed E-state index contributed by atoms with van der Waals surface area (Å²) in [6, 6.07) is 0. The summed E-state index contributed by atoms with van der Waals surface area (Å²) in [5, 5.41) is 8.39. The van der Waals surface area contributed by atoms with Gasteiger partial charge in [-0.1, -0.05) is 0 Å². The maximum atomic E-state index is 10.2. The van der Waals surface area contributed by atoms with Gasteiger partial charge in [0.1, 0.15) is 0 Å². The Morgan fingerprint density at radius 2 is 2.33 bits per heavy atom. The minimum Gasteiger partial charge on any atom is -0.481 e. The van der Waals surface area contributed by atoms with Crippen LogP contribution in [0.25, 0.3) is 0 Å². The first-order valence-corrected chi connectivity index (χ1v) is 3.29. The number of hydrogen-bond donors (Lipinski definition) is 1. The summed E-state index contributed by atoms with van der Waals surface area (Å²) in [7, 11) is 1.47. The van der Waals surface area contributed by atoms with E-state index >= 15 is 0 Å². The molecule has 1 heterocycles. The Bertz CT molecular complexity index is 270. The van der Waals surface area contributed by atoms with Crippen LogP contribution in [0.3, 0.4) is 0 Å². The smallest absolute Gasteiger partial charge is 0.309 e. The van der Waals surface area contributed by atoms with Gasteiger partial charge in [0.05, 0.1) is 31.6 Å². The molecule has 1 rings (SSSR count). The highest BCUT2D eigenvalue weighted by Gasteiger charge is 2.01. The van der Waals surface area contributed by atoms with Crippen molar-refractivity contribution in [3.63, 3.8) is 0 Å². The van der Waals surface area contributed by atoms with Gasteiger partial charge in [0.2, 0.25) is 5.88 Å². The molecule has 5 heteroatoms. The Hall–Kier alpha value is -1.65. The van der Waals surface area contributed by atoms with Crippen molar-refractivity contribution >= 4 is 5.97 Å². The lowest BCUT2D eigenvalue weighted by atomic mass is 10.3. The predicted molar refractivity (Wildman–Crippen MR) is 39.9 cm³/mol. The molecule has 0 bridgehead atoms. The van der Waals surface area contributed by atoms with Crippen molar-refractivity contribution in [1.82, 2.24) is 9.97 Å². The van der Waals surface area contributed by atoms with Crippen molar-refractivity contribution in [3.05, 3.63) is 18.1 Å². The maximum absolute atomic E-state index is 10.2. The molecule has 0 atom stereocenters. The van der Waals surface area contributed by atoms with Crippen LogP contribution in [0.1, 0.15) is 5.69 Å². The lowest BCUT2D eigenvalue weighted by Gasteiger charge is -1.97. The van der Waals surface area contributed by atoms with Gasteiger partial charge in [-0.2, -0.15) is 0 Å². The molecule has 12 heavy (non-hydrogen) atoms. The molecule has 1 aromatic heterocycles. The number of aromatic nitrogens is 2. The van der Waals surface area contributed by atoms with Gasteiger partial charge in [0, 0.05) is 0 Å². The Labute approximate surface area is 69.0 Å². The highest BCUT2D eigenvalue weighted by molar-refractivity contribution is 5.69. The average Bonchev–Trinajstić information content (AvgIpc) is 2.05. The molecule has 64 valence electrons. The van der Waals surface area contributed by atoms with E-state index in [4.69, 9.17) is 9.84 Å². The molecule has 0 aliphatic carbocycles. The number of methoxy groups -OCH3 is 1. The van der Waals surface area contributed by atoms with Crippen LogP contribution in [0.5, 0.6) is 5.88 Å². The highest BCUT2D eigenvalue weighted by Crippen LogP contribution is 2.02. The molecule has 0 aliphatic rings.